The number of carboxylic acids is 1. The van der Waals surface area contributed by atoms with Gasteiger partial charge in [0.25, 0.3) is 0 Å². The molecule has 1 N–H and O–H groups in total. The molecule has 3 saturated carbocycles. The van der Waals surface area contributed by atoms with Gasteiger partial charge in [-0.25, -0.2) is 4.79 Å². The minimum atomic E-state index is -0.768. The highest BCUT2D eigenvalue weighted by molar-refractivity contribution is 5.94. The van der Waals surface area contributed by atoms with E-state index in [0.717, 1.165) is 36.1 Å². The van der Waals surface area contributed by atoms with Crippen molar-refractivity contribution in [3.05, 3.63) is 35.4 Å². The number of ether oxygens (including phenoxy) is 1. The number of likely N-dealkylation sites (N-methyl/N-ethyl adjacent to an activating group) is 1. The van der Waals surface area contributed by atoms with E-state index in [1.165, 1.54) is 25.7 Å². The van der Waals surface area contributed by atoms with Gasteiger partial charge in [-0.05, 0) is 98.6 Å². The maximum atomic E-state index is 12.6. The monoisotopic (exact) mass is 439 g/mol. The molecule has 4 heteroatoms. The SMILES string of the molecule is CC1CCC2C(C)(C)C3CC12CCC3(C)/C(=C\c1ccc(OCCN(C)C)cc1)C(=O)O. The molecule has 4 rings (SSSR count). The lowest BCUT2D eigenvalue weighted by Gasteiger charge is -2.48. The Bertz CT molecular complexity index is 886. The largest absolute Gasteiger partial charge is 0.492 e. The standard InChI is InChI=1S/C28H41NO3/c1-19-7-12-23-26(2,3)24-18-28(19,23)14-13-27(24,4)22(25(30)31)17-20-8-10-21(11-9-20)32-16-15-29(5)6/h8-11,17,19,23-24H,7,12-16,18H2,1-6H3,(H,30,31)/b22-17-. The van der Waals surface area contributed by atoms with Crippen LogP contribution in [0, 0.1) is 34.0 Å². The predicted molar refractivity (Wildman–Crippen MR) is 130 cm³/mol. The van der Waals surface area contributed by atoms with Gasteiger partial charge in [-0.1, -0.05) is 39.8 Å². The van der Waals surface area contributed by atoms with Gasteiger partial charge in [-0.3, -0.25) is 0 Å². The van der Waals surface area contributed by atoms with Gasteiger partial charge in [-0.2, -0.15) is 0 Å². The van der Waals surface area contributed by atoms with Crippen LogP contribution in [-0.4, -0.2) is 43.2 Å². The molecule has 4 nitrogen and oxygen atoms in total. The Kier molecular flexibility index (Phi) is 5.98. The van der Waals surface area contributed by atoms with Gasteiger partial charge in [0.05, 0.1) is 0 Å². The fourth-order valence-corrected chi connectivity index (χ4v) is 7.88. The molecule has 1 aromatic carbocycles. The predicted octanol–water partition coefficient (Wildman–Crippen LogP) is 5.97. The highest BCUT2D eigenvalue weighted by Gasteiger charge is 2.68. The van der Waals surface area contributed by atoms with E-state index in [-0.39, 0.29) is 10.8 Å². The molecular formula is C28H41NO3. The average Bonchev–Trinajstić information content (AvgIpc) is 3.15. The lowest BCUT2D eigenvalue weighted by molar-refractivity contribution is -0.135. The Morgan fingerprint density at radius 3 is 2.44 bits per heavy atom. The molecular weight excluding hydrogens is 398 g/mol. The van der Waals surface area contributed by atoms with Crippen LogP contribution >= 0.6 is 0 Å². The molecule has 2 bridgehead atoms. The molecule has 0 aliphatic heterocycles. The summed E-state index contributed by atoms with van der Waals surface area (Å²) in [4.78, 5) is 14.7. The molecule has 3 fully saturated rings. The van der Waals surface area contributed by atoms with E-state index < -0.39 is 5.97 Å². The van der Waals surface area contributed by atoms with Crippen molar-refractivity contribution in [2.75, 3.05) is 27.2 Å². The van der Waals surface area contributed by atoms with Crippen LogP contribution in [0.25, 0.3) is 6.08 Å². The second kappa shape index (κ2) is 8.20. The quantitative estimate of drug-likeness (QED) is 0.532. The van der Waals surface area contributed by atoms with Crippen LogP contribution in [0.2, 0.25) is 0 Å². The first kappa shape index (κ1) is 23.4. The molecule has 32 heavy (non-hydrogen) atoms. The Morgan fingerprint density at radius 1 is 1.12 bits per heavy atom. The van der Waals surface area contributed by atoms with E-state index in [1.54, 1.807) is 0 Å². The maximum absolute atomic E-state index is 12.6. The van der Waals surface area contributed by atoms with Gasteiger partial charge in [0.15, 0.2) is 0 Å². The van der Waals surface area contributed by atoms with E-state index in [9.17, 15) is 9.90 Å². The molecule has 5 unspecified atom stereocenters. The second-order valence-electron chi connectivity index (χ2n) is 11.8. The van der Waals surface area contributed by atoms with Crippen molar-refractivity contribution >= 4 is 12.0 Å². The summed E-state index contributed by atoms with van der Waals surface area (Å²) < 4.78 is 5.80. The van der Waals surface area contributed by atoms with E-state index in [0.29, 0.717) is 23.5 Å². The van der Waals surface area contributed by atoms with Crippen LogP contribution in [0.4, 0.5) is 0 Å². The van der Waals surface area contributed by atoms with Crippen LogP contribution in [0.3, 0.4) is 0 Å². The molecule has 0 radical (unpaired) electrons. The van der Waals surface area contributed by atoms with Gasteiger partial charge >= 0.3 is 5.97 Å². The lowest BCUT2D eigenvalue weighted by Crippen LogP contribution is -2.42. The molecule has 0 saturated heterocycles. The normalized spacial score (nSPS) is 35.7. The number of carbonyl (C=O) groups is 1. The van der Waals surface area contributed by atoms with E-state index in [2.05, 4.69) is 32.6 Å². The van der Waals surface area contributed by atoms with Crippen molar-refractivity contribution in [3.8, 4) is 5.75 Å². The number of hydrogen-bond acceptors (Lipinski definition) is 3. The molecule has 0 heterocycles. The van der Waals surface area contributed by atoms with Crippen LogP contribution in [0.15, 0.2) is 29.8 Å². The number of fused-ring (bicyclic) bond motifs is 1. The van der Waals surface area contributed by atoms with Crippen molar-refractivity contribution < 1.29 is 14.6 Å². The van der Waals surface area contributed by atoms with E-state index in [4.69, 9.17) is 4.74 Å². The first-order valence-electron chi connectivity index (χ1n) is 12.3. The smallest absolute Gasteiger partial charge is 0.332 e. The fourth-order valence-electron chi connectivity index (χ4n) is 7.88. The van der Waals surface area contributed by atoms with Crippen molar-refractivity contribution in [3.63, 3.8) is 0 Å². The molecule has 0 aromatic heterocycles. The summed E-state index contributed by atoms with van der Waals surface area (Å²) in [7, 11) is 4.05. The van der Waals surface area contributed by atoms with Crippen LogP contribution < -0.4 is 4.74 Å². The summed E-state index contributed by atoms with van der Waals surface area (Å²) in [6.07, 6.45) is 7.90. The third kappa shape index (κ3) is 3.69. The molecule has 1 aromatic rings. The third-order valence-corrected chi connectivity index (χ3v) is 9.67. The average molecular weight is 440 g/mol. The Balaban J connectivity index is 1.60. The third-order valence-electron chi connectivity index (χ3n) is 9.67. The number of carboxylic acid groups (broad SMARTS) is 1. The first-order chi connectivity index (χ1) is 15.0. The molecule has 176 valence electrons. The first-order valence-corrected chi connectivity index (χ1v) is 12.3. The zero-order valence-corrected chi connectivity index (χ0v) is 20.8. The molecule has 3 aliphatic rings. The number of hydrogen-bond donors (Lipinski definition) is 1. The minimum absolute atomic E-state index is 0.175. The summed E-state index contributed by atoms with van der Waals surface area (Å²) in [6, 6.07) is 7.87. The van der Waals surface area contributed by atoms with Crippen molar-refractivity contribution in [2.24, 2.45) is 34.0 Å². The zero-order valence-electron chi connectivity index (χ0n) is 20.8. The highest BCUT2D eigenvalue weighted by atomic mass is 16.5. The van der Waals surface area contributed by atoms with Gasteiger partial charge in [-0.15, -0.1) is 0 Å². The zero-order chi connectivity index (χ0) is 23.3. The Morgan fingerprint density at radius 2 is 1.81 bits per heavy atom. The highest BCUT2D eigenvalue weighted by Crippen LogP contribution is 2.75. The Labute approximate surface area is 194 Å². The summed E-state index contributed by atoms with van der Waals surface area (Å²) in [5, 5.41) is 10.3. The van der Waals surface area contributed by atoms with Crippen LogP contribution in [0.5, 0.6) is 5.75 Å². The number of rotatable bonds is 7. The van der Waals surface area contributed by atoms with Crippen LogP contribution in [0.1, 0.15) is 65.4 Å². The molecule has 5 atom stereocenters. The minimum Gasteiger partial charge on any atom is -0.492 e. The van der Waals surface area contributed by atoms with Crippen molar-refractivity contribution in [1.82, 2.24) is 4.90 Å². The Hall–Kier alpha value is -1.81. The van der Waals surface area contributed by atoms with Crippen LogP contribution in [-0.2, 0) is 4.79 Å². The molecule has 0 amide bonds. The van der Waals surface area contributed by atoms with Gasteiger partial charge in [0.1, 0.15) is 12.4 Å². The van der Waals surface area contributed by atoms with Gasteiger partial charge in [0.2, 0.25) is 0 Å². The number of benzene rings is 1. The fraction of sp³-hybridized carbons (Fsp3) is 0.679. The van der Waals surface area contributed by atoms with Gasteiger partial charge in [0, 0.05) is 17.5 Å². The second-order valence-corrected chi connectivity index (χ2v) is 11.8. The van der Waals surface area contributed by atoms with Gasteiger partial charge < -0.3 is 14.7 Å². The summed E-state index contributed by atoms with van der Waals surface area (Å²) in [5.74, 6) is 1.96. The van der Waals surface area contributed by atoms with Crippen molar-refractivity contribution in [1.29, 1.82) is 0 Å². The molecule has 1 spiro atoms. The molecule has 3 aliphatic carbocycles. The van der Waals surface area contributed by atoms with Crippen molar-refractivity contribution in [2.45, 2.75) is 59.8 Å². The number of nitrogens with zero attached hydrogens (tertiary/aromatic N) is 1. The van der Waals surface area contributed by atoms with E-state index in [1.807, 2.05) is 44.4 Å². The number of aliphatic carboxylic acids is 1. The lowest BCUT2D eigenvalue weighted by atomic mass is 9.56. The summed E-state index contributed by atoms with van der Waals surface area (Å²) in [6.45, 7) is 11.0. The summed E-state index contributed by atoms with van der Waals surface area (Å²) >= 11 is 0. The van der Waals surface area contributed by atoms with E-state index >= 15 is 0 Å². The maximum Gasteiger partial charge on any atom is 0.332 e. The summed E-state index contributed by atoms with van der Waals surface area (Å²) in [5.41, 5.74) is 1.83. The topological polar surface area (TPSA) is 49.8 Å².